The highest BCUT2D eigenvalue weighted by Crippen LogP contribution is 2.11. The molecule has 4 nitrogen and oxygen atoms in total. The molecule has 1 rings (SSSR count). The van der Waals surface area contributed by atoms with Crippen molar-refractivity contribution < 1.29 is 10.2 Å². The van der Waals surface area contributed by atoms with E-state index in [2.05, 4.69) is 9.97 Å². The number of H-pyrrole nitrogens is 1. The van der Waals surface area contributed by atoms with Gasteiger partial charge in [-0.2, -0.15) is 0 Å². The third kappa shape index (κ3) is 1.34. The zero-order valence-electron chi connectivity index (χ0n) is 5.65. The van der Waals surface area contributed by atoms with E-state index in [0.29, 0.717) is 5.69 Å². The summed E-state index contributed by atoms with van der Waals surface area (Å²) >= 11 is 0. The molecule has 0 fully saturated rings. The summed E-state index contributed by atoms with van der Waals surface area (Å²) in [6, 6.07) is 0. The Bertz CT molecular complexity index is 184. The van der Waals surface area contributed by atoms with Crippen LogP contribution in [0.5, 0.6) is 0 Å². The molecular formula is C6H10N2O2. The fourth-order valence-electron chi connectivity index (χ4n) is 0.688. The summed E-state index contributed by atoms with van der Waals surface area (Å²) in [4.78, 5) is 6.40. The van der Waals surface area contributed by atoms with Crippen LogP contribution in [0.25, 0.3) is 0 Å². The number of nitrogens with one attached hydrogen (secondary N) is 1. The maximum Gasteiger partial charge on any atom is 0.121 e. The van der Waals surface area contributed by atoms with Gasteiger partial charge in [-0.3, -0.25) is 0 Å². The van der Waals surface area contributed by atoms with Crippen molar-refractivity contribution in [3.63, 3.8) is 0 Å². The highest BCUT2D eigenvalue weighted by molar-refractivity contribution is 5.00. The van der Waals surface area contributed by atoms with Gasteiger partial charge in [0.05, 0.1) is 24.3 Å². The number of aromatic amines is 1. The summed E-state index contributed by atoms with van der Waals surface area (Å²) in [5.41, 5.74) is 0.537. The number of aliphatic hydroxyl groups excluding tert-OH is 2. The summed E-state index contributed by atoms with van der Waals surface area (Å²) in [6.07, 6.45) is 1.32. The Labute approximate surface area is 58.5 Å². The number of nitrogens with zero attached hydrogens (tertiary/aromatic N) is 1. The minimum Gasteiger partial charge on any atom is -0.390 e. The van der Waals surface area contributed by atoms with Crippen LogP contribution in [0.4, 0.5) is 0 Å². The Morgan fingerprint density at radius 2 is 2.30 bits per heavy atom. The van der Waals surface area contributed by atoms with Crippen LogP contribution in [0.2, 0.25) is 0 Å². The van der Waals surface area contributed by atoms with Crippen LogP contribution in [0, 0.1) is 0 Å². The van der Waals surface area contributed by atoms with E-state index in [0.717, 1.165) is 0 Å². The second-order valence-corrected chi connectivity index (χ2v) is 2.19. The van der Waals surface area contributed by atoms with Gasteiger partial charge in [-0.1, -0.05) is 0 Å². The van der Waals surface area contributed by atoms with Crippen molar-refractivity contribution in [3.05, 3.63) is 18.2 Å². The third-order valence-corrected chi connectivity index (χ3v) is 1.29. The van der Waals surface area contributed by atoms with E-state index in [-0.39, 0.29) is 0 Å². The van der Waals surface area contributed by atoms with Crippen LogP contribution in [0.15, 0.2) is 12.5 Å². The molecule has 4 heteroatoms. The van der Waals surface area contributed by atoms with Gasteiger partial charge in [0.15, 0.2) is 0 Å². The smallest absolute Gasteiger partial charge is 0.121 e. The third-order valence-electron chi connectivity index (χ3n) is 1.29. The second kappa shape index (κ2) is 2.81. The van der Waals surface area contributed by atoms with Gasteiger partial charge in [-0.15, -0.1) is 0 Å². The topological polar surface area (TPSA) is 69.1 Å². The highest BCUT2D eigenvalue weighted by Gasteiger charge is 2.13. The SMILES string of the molecule is CC(O)C(O)c1cnc[nH]1. The Morgan fingerprint density at radius 1 is 1.60 bits per heavy atom. The van der Waals surface area contributed by atoms with E-state index in [9.17, 15) is 0 Å². The molecule has 3 N–H and O–H groups in total. The van der Waals surface area contributed by atoms with Crippen molar-refractivity contribution in [1.82, 2.24) is 9.97 Å². The molecule has 0 radical (unpaired) electrons. The van der Waals surface area contributed by atoms with Crippen LogP contribution in [0.3, 0.4) is 0 Å². The molecule has 0 aliphatic heterocycles. The van der Waals surface area contributed by atoms with Crippen molar-refractivity contribution in [2.45, 2.75) is 19.1 Å². The first-order valence-corrected chi connectivity index (χ1v) is 3.06. The minimum atomic E-state index is -0.859. The molecule has 2 unspecified atom stereocenters. The zero-order valence-corrected chi connectivity index (χ0v) is 5.65. The molecule has 10 heavy (non-hydrogen) atoms. The first-order valence-electron chi connectivity index (χ1n) is 3.06. The average molecular weight is 142 g/mol. The maximum atomic E-state index is 9.17. The number of hydrogen-bond donors (Lipinski definition) is 3. The van der Waals surface area contributed by atoms with Crippen LogP contribution in [0.1, 0.15) is 18.7 Å². The van der Waals surface area contributed by atoms with Crippen molar-refractivity contribution in [1.29, 1.82) is 0 Å². The summed E-state index contributed by atoms with van der Waals surface area (Å²) in [7, 11) is 0. The second-order valence-electron chi connectivity index (χ2n) is 2.19. The highest BCUT2D eigenvalue weighted by atomic mass is 16.3. The first-order chi connectivity index (χ1) is 4.72. The molecule has 2 atom stereocenters. The molecule has 0 aliphatic rings. The zero-order chi connectivity index (χ0) is 7.56. The fourth-order valence-corrected chi connectivity index (χ4v) is 0.688. The Kier molecular flexibility index (Phi) is 2.03. The van der Waals surface area contributed by atoms with E-state index in [1.54, 1.807) is 0 Å². The molecule has 0 amide bonds. The number of hydrogen-bond acceptors (Lipinski definition) is 3. The summed E-state index contributed by atoms with van der Waals surface area (Å²) in [6.45, 7) is 1.52. The van der Waals surface area contributed by atoms with E-state index in [4.69, 9.17) is 10.2 Å². The van der Waals surface area contributed by atoms with E-state index < -0.39 is 12.2 Å². The summed E-state index contributed by atoms with van der Waals surface area (Å²) < 4.78 is 0. The lowest BCUT2D eigenvalue weighted by Crippen LogP contribution is -2.13. The van der Waals surface area contributed by atoms with Gasteiger partial charge in [0, 0.05) is 0 Å². The molecule has 0 saturated carbocycles. The van der Waals surface area contributed by atoms with Gasteiger partial charge >= 0.3 is 0 Å². The molecule has 0 aromatic carbocycles. The van der Waals surface area contributed by atoms with E-state index >= 15 is 0 Å². The summed E-state index contributed by atoms with van der Waals surface area (Å²) in [5, 5.41) is 18.1. The number of imidazole rings is 1. The van der Waals surface area contributed by atoms with Gasteiger partial charge in [0.25, 0.3) is 0 Å². The lowest BCUT2D eigenvalue weighted by atomic mass is 10.2. The summed E-state index contributed by atoms with van der Waals surface area (Å²) in [5.74, 6) is 0. The molecule has 0 saturated heterocycles. The number of rotatable bonds is 2. The molecule has 0 bridgehead atoms. The Balaban J connectivity index is 2.68. The molecule has 0 aliphatic carbocycles. The van der Waals surface area contributed by atoms with Crippen molar-refractivity contribution in [2.75, 3.05) is 0 Å². The largest absolute Gasteiger partial charge is 0.390 e. The number of aromatic nitrogens is 2. The maximum absolute atomic E-state index is 9.17. The first kappa shape index (κ1) is 7.24. The predicted molar refractivity (Wildman–Crippen MR) is 35.2 cm³/mol. The Hall–Kier alpha value is -0.870. The van der Waals surface area contributed by atoms with Gasteiger partial charge in [0.2, 0.25) is 0 Å². The Morgan fingerprint density at radius 3 is 2.70 bits per heavy atom. The molecule has 1 heterocycles. The normalized spacial score (nSPS) is 16.7. The fraction of sp³-hybridized carbons (Fsp3) is 0.500. The van der Waals surface area contributed by atoms with Crippen LogP contribution < -0.4 is 0 Å². The lowest BCUT2D eigenvalue weighted by Gasteiger charge is -2.09. The van der Waals surface area contributed by atoms with E-state index in [1.165, 1.54) is 19.4 Å². The standard InChI is InChI=1S/C6H10N2O2/c1-4(9)6(10)5-2-7-3-8-5/h2-4,6,9-10H,1H3,(H,7,8). The quantitative estimate of drug-likeness (QED) is 0.536. The minimum absolute atomic E-state index is 0.537. The number of aliphatic hydroxyl groups is 2. The van der Waals surface area contributed by atoms with Crippen molar-refractivity contribution >= 4 is 0 Å². The van der Waals surface area contributed by atoms with Gasteiger partial charge < -0.3 is 15.2 Å². The predicted octanol–water partition coefficient (Wildman–Crippen LogP) is -0.176. The van der Waals surface area contributed by atoms with Gasteiger partial charge in [-0.25, -0.2) is 4.98 Å². The van der Waals surface area contributed by atoms with Gasteiger partial charge in [-0.05, 0) is 6.92 Å². The van der Waals surface area contributed by atoms with Crippen LogP contribution >= 0.6 is 0 Å². The van der Waals surface area contributed by atoms with Gasteiger partial charge in [0.1, 0.15) is 6.10 Å². The van der Waals surface area contributed by atoms with Crippen LogP contribution in [-0.4, -0.2) is 26.3 Å². The van der Waals surface area contributed by atoms with E-state index in [1.807, 2.05) is 0 Å². The molecule has 56 valence electrons. The lowest BCUT2D eigenvalue weighted by molar-refractivity contribution is 0.0281. The molecular weight excluding hydrogens is 132 g/mol. The van der Waals surface area contributed by atoms with Crippen LogP contribution in [-0.2, 0) is 0 Å². The molecule has 1 aromatic heterocycles. The average Bonchev–Trinajstić information content (AvgIpc) is 2.36. The van der Waals surface area contributed by atoms with Crippen molar-refractivity contribution in [3.8, 4) is 0 Å². The molecule has 0 spiro atoms. The molecule has 1 aromatic rings. The van der Waals surface area contributed by atoms with Crippen molar-refractivity contribution in [2.24, 2.45) is 0 Å². The monoisotopic (exact) mass is 142 g/mol.